The van der Waals surface area contributed by atoms with Crippen LogP contribution in [0.5, 0.6) is 11.5 Å². The lowest BCUT2D eigenvalue weighted by Gasteiger charge is -2.21. The molecule has 152 valence electrons. The lowest BCUT2D eigenvalue weighted by Crippen LogP contribution is -2.33. The van der Waals surface area contributed by atoms with Gasteiger partial charge in [0.15, 0.2) is 11.5 Å². The maximum Gasteiger partial charge on any atom is 0.255 e. The number of carbonyl (C=O) groups is 2. The monoisotopic (exact) mass is 394 g/mol. The van der Waals surface area contributed by atoms with Crippen LogP contribution in [0.25, 0.3) is 0 Å². The number of amides is 2. The normalized spacial score (nSPS) is 15.9. The molecule has 4 rings (SSSR count). The second-order valence-electron chi connectivity index (χ2n) is 7.59. The number of nitrogens with one attached hydrogen (secondary N) is 1. The predicted molar refractivity (Wildman–Crippen MR) is 112 cm³/mol. The van der Waals surface area contributed by atoms with E-state index in [4.69, 9.17) is 9.47 Å². The van der Waals surface area contributed by atoms with Crippen LogP contribution in [0.1, 0.15) is 41.6 Å². The Morgan fingerprint density at radius 1 is 1.00 bits per heavy atom. The van der Waals surface area contributed by atoms with Crippen molar-refractivity contribution in [2.24, 2.45) is 5.92 Å². The van der Waals surface area contributed by atoms with Crippen LogP contribution in [0.3, 0.4) is 0 Å². The van der Waals surface area contributed by atoms with Gasteiger partial charge in [-0.25, -0.2) is 0 Å². The molecule has 0 saturated heterocycles. The highest BCUT2D eigenvalue weighted by molar-refractivity contribution is 6.05. The molecule has 0 atom stereocenters. The van der Waals surface area contributed by atoms with E-state index in [2.05, 4.69) is 5.32 Å². The van der Waals surface area contributed by atoms with Crippen molar-refractivity contribution in [3.8, 4) is 11.5 Å². The molecule has 6 heteroatoms. The molecule has 1 fully saturated rings. The van der Waals surface area contributed by atoms with Gasteiger partial charge in [0.2, 0.25) is 5.91 Å². The zero-order valence-corrected chi connectivity index (χ0v) is 16.9. The summed E-state index contributed by atoms with van der Waals surface area (Å²) in [5, 5.41) is 2.94. The highest BCUT2D eigenvalue weighted by Crippen LogP contribution is 2.35. The minimum absolute atomic E-state index is 0.172. The van der Waals surface area contributed by atoms with Crippen molar-refractivity contribution in [2.75, 3.05) is 31.0 Å². The third kappa shape index (κ3) is 3.79. The fourth-order valence-corrected chi connectivity index (χ4v) is 4.28. The van der Waals surface area contributed by atoms with Crippen molar-refractivity contribution < 1.29 is 19.1 Å². The van der Waals surface area contributed by atoms with Gasteiger partial charge in [0, 0.05) is 29.4 Å². The molecule has 0 radical (unpaired) electrons. The minimum Gasteiger partial charge on any atom is -0.493 e. The van der Waals surface area contributed by atoms with Crippen molar-refractivity contribution >= 4 is 23.2 Å². The largest absolute Gasteiger partial charge is 0.493 e. The van der Waals surface area contributed by atoms with E-state index >= 15 is 0 Å². The Hall–Kier alpha value is -3.02. The van der Waals surface area contributed by atoms with Gasteiger partial charge in [0.1, 0.15) is 0 Å². The predicted octanol–water partition coefficient (Wildman–Crippen LogP) is 4.04. The molecule has 0 aromatic heterocycles. The van der Waals surface area contributed by atoms with Crippen LogP contribution in [0.4, 0.5) is 11.4 Å². The maximum atomic E-state index is 12.8. The molecule has 0 bridgehead atoms. The maximum absolute atomic E-state index is 12.8. The van der Waals surface area contributed by atoms with E-state index in [0.29, 0.717) is 17.1 Å². The first-order valence-corrected chi connectivity index (χ1v) is 10.1. The van der Waals surface area contributed by atoms with Gasteiger partial charge >= 0.3 is 0 Å². The highest BCUT2D eigenvalue weighted by Gasteiger charge is 2.31. The Balaban J connectivity index is 1.48. The molecule has 1 saturated carbocycles. The third-order valence-electron chi connectivity index (χ3n) is 5.85. The number of anilines is 2. The van der Waals surface area contributed by atoms with E-state index in [1.54, 1.807) is 32.4 Å². The smallest absolute Gasteiger partial charge is 0.255 e. The standard InChI is InChI=1S/C23H26N2O4/c1-28-20-10-7-17(14-21(20)29-2)22(26)24-18-8-9-19-16(13-18)11-12-25(19)23(27)15-5-3-4-6-15/h7-10,13-15H,3-6,11-12H2,1-2H3,(H,24,26). The fourth-order valence-electron chi connectivity index (χ4n) is 4.28. The number of nitrogens with zero attached hydrogens (tertiary/aromatic N) is 1. The van der Waals surface area contributed by atoms with Gasteiger partial charge in [0.25, 0.3) is 5.91 Å². The van der Waals surface area contributed by atoms with E-state index in [1.807, 2.05) is 23.1 Å². The number of rotatable bonds is 5. The molecule has 0 spiro atoms. The summed E-state index contributed by atoms with van der Waals surface area (Å²) in [6.07, 6.45) is 5.12. The molecule has 1 aliphatic heterocycles. The average Bonchev–Trinajstić information content (AvgIpc) is 3.42. The van der Waals surface area contributed by atoms with Crippen LogP contribution < -0.4 is 19.7 Å². The first-order valence-electron chi connectivity index (χ1n) is 10.1. The quantitative estimate of drug-likeness (QED) is 0.831. The molecule has 29 heavy (non-hydrogen) atoms. The Morgan fingerprint density at radius 2 is 1.76 bits per heavy atom. The summed E-state index contributed by atoms with van der Waals surface area (Å²) in [5.74, 6) is 1.29. The minimum atomic E-state index is -0.220. The van der Waals surface area contributed by atoms with Crippen LogP contribution in [0.15, 0.2) is 36.4 Å². The third-order valence-corrected chi connectivity index (χ3v) is 5.85. The molecule has 1 N–H and O–H groups in total. The molecule has 2 aromatic rings. The Morgan fingerprint density at radius 3 is 2.48 bits per heavy atom. The zero-order chi connectivity index (χ0) is 20.4. The van der Waals surface area contributed by atoms with Crippen molar-refractivity contribution in [2.45, 2.75) is 32.1 Å². The van der Waals surface area contributed by atoms with Crippen LogP contribution in [0, 0.1) is 5.92 Å². The number of ether oxygens (including phenoxy) is 2. The highest BCUT2D eigenvalue weighted by atomic mass is 16.5. The number of fused-ring (bicyclic) bond motifs is 1. The van der Waals surface area contributed by atoms with Gasteiger partial charge in [-0.2, -0.15) is 0 Å². The lowest BCUT2D eigenvalue weighted by molar-refractivity contribution is -0.122. The topological polar surface area (TPSA) is 67.9 Å². The molecular formula is C23H26N2O4. The van der Waals surface area contributed by atoms with Gasteiger partial charge in [-0.15, -0.1) is 0 Å². The molecular weight excluding hydrogens is 368 g/mol. The summed E-state index contributed by atoms with van der Waals surface area (Å²) in [6.45, 7) is 0.720. The van der Waals surface area contributed by atoms with Gasteiger partial charge in [-0.1, -0.05) is 12.8 Å². The number of carbonyl (C=O) groups excluding carboxylic acids is 2. The van der Waals surface area contributed by atoms with Gasteiger partial charge in [-0.05, 0) is 61.2 Å². The summed E-state index contributed by atoms with van der Waals surface area (Å²) >= 11 is 0. The van der Waals surface area contributed by atoms with Crippen LogP contribution in [0.2, 0.25) is 0 Å². The molecule has 0 unspecified atom stereocenters. The summed E-state index contributed by atoms with van der Waals surface area (Å²) in [7, 11) is 3.10. The van der Waals surface area contributed by atoms with E-state index in [1.165, 1.54) is 0 Å². The summed E-state index contributed by atoms with van der Waals surface area (Å²) in [4.78, 5) is 27.4. The van der Waals surface area contributed by atoms with Crippen molar-refractivity contribution in [3.63, 3.8) is 0 Å². The van der Waals surface area contributed by atoms with E-state index in [9.17, 15) is 9.59 Å². The number of hydrogen-bond donors (Lipinski definition) is 1. The Labute approximate surface area is 170 Å². The van der Waals surface area contributed by atoms with Crippen molar-refractivity contribution in [1.82, 2.24) is 0 Å². The summed E-state index contributed by atoms with van der Waals surface area (Å²) in [6, 6.07) is 10.8. The average molecular weight is 394 g/mol. The number of hydrogen-bond acceptors (Lipinski definition) is 4. The Bertz CT molecular complexity index is 934. The first-order chi connectivity index (χ1) is 14.1. The molecule has 1 aliphatic carbocycles. The second-order valence-corrected chi connectivity index (χ2v) is 7.59. The number of methoxy groups -OCH3 is 2. The Kier molecular flexibility index (Phi) is 5.43. The molecule has 1 heterocycles. The molecule has 2 aliphatic rings. The van der Waals surface area contributed by atoms with Crippen molar-refractivity contribution in [3.05, 3.63) is 47.5 Å². The van der Waals surface area contributed by atoms with E-state index in [-0.39, 0.29) is 17.7 Å². The van der Waals surface area contributed by atoms with Crippen LogP contribution in [-0.2, 0) is 11.2 Å². The van der Waals surface area contributed by atoms with Gasteiger partial charge in [-0.3, -0.25) is 9.59 Å². The molecule has 2 amide bonds. The fraction of sp³-hybridized carbons (Fsp3) is 0.391. The van der Waals surface area contributed by atoms with E-state index in [0.717, 1.165) is 55.6 Å². The van der Waals surface area contributed by atoms with Gasteiger partial charge < -0.3 is 19.7 Å². The van der Waals surface area contributed by atoms with Crippen LogP contribution >= 0.6 is 0 Å². The molecule has 6 nitrogen and oxygen atoms in total. The van der Waals surface area contributed by atoms with Gasteiger partial charge in [0.05, 0.1) is 14.2 Å². The second kappa shape index (κ2) is 8.15. The molecule has 2 aromatic carbocycles. The summed E-state index contributed by atoms with van der Waals surface area (Å²) in [5.41, 5.74) is 3.28. The lowest BCUT2D eigenvalue weighted by atomic mass is 10.1. The summed E-state index contributed by atoms with van der Waals surface area (Å²) < 4.78 is 10.5. The first kappa shape index (κ1) is 19.3. The number of benzene rings is 2. The van der Waals surface area contributed by atoms with E-state index < -0.39 is 0 Å². The van der Waals surface area contributed by atoms with Crippen molar-refractivity contribution in [1.29, 1.82) is 0 Å². The zero-order valence-electron chi connectivity index (χ0n) is 16.9. The van der Waals surface area contributed by atoms with Crippen LogP contribution in [-0.4, -0.2) is 32.6 Å². The SMILES string of the molecule is COc1ccc(C(=O)Nc2ccc3c(c2)CCN3C(=O)C2CCCC2)cc1OC.